The Morgan fingerprint density at radius 1 is 1.40 bits per heavy atom. The van der Waals surface area contributed by atoms with E-state index in [9.17, 15) is 8.42 Å². The van der Waals surface area contributed by atoms with E-state index < -0.39 is 10.2 Å². The van der Waals surface area contributed by atoms with E-state index in [-0.39, 0.29) is 0 Å². The van der Waals surface area contributed by atoms with Crippen LogP contribution in [0.1, 0.15) is 5.56 Å². The molecule has 0 aliphatic heterocycles. The molecule has 6 heteroatoms. The highest BCUT2D eigenvalue weighted by Gasteiger charge is 2.12. The summed E-state index contributed by atoms with van der Waals surface area (Å²) in [6.07, 6.45) is 0. The molecule has 1 aromatic carbocycles. The van der Waals surface area contributed by atoms with Crippen molar-refractivity contribution in [2.75, 3.05) is 18.8 Å². The van der Waals surface area contributed by atoms with Crippen LogP contribution >= 0.6 is 0 Å². The Hall–Kier alpha value is -1.58. The monoisotopic (exact) mass is 225 g/mol. The molecule has 1 aromatic rings. The minimum atomic E-state index is -3.50. The molecule has 0 radical (unpaired) electrons. The maximum Gasteiger partial charge on any atom is 0.301 e. The lowest BCUT2D eigenvalue weighted by Crippen LogP contribution is -2.28. The first kappa shape index (κ1) is 11.5. The van der Waals surface area contributed by atoms with E-state index in [2.05, 4.69) is 4.72 Å². The minimum Gasteiger partial charge on any atom is -0.271 e. The molecule has 0 heterocycles. The molecule has 0 fully saturated rings. The summed E-state index contributed by atoms with van der Waals surface area (Å²) in [5.74, 6) is 0. The van der Waals surface area contributed by atoms with Crippen molar-refractivity contribution >= 4 is 15.9 Å². The summed E-state index contributed by atoms with van der Waals surface area (Å²) in [6, 6.07) is 8.21. The van der Waals surface area contributed by atoms with Gasteiger partial charge in [-0.25, -0.2) is 0 Å². The predicted octanol–water partition coefficient (Wildman–Crippen LogP) is 0.777. The van der Waals surface area contributed by atoms with Gasteiger partial charge in [0.1, 0.15) is 0 Å². The van der Waals surface area contributed by atoms with Crippen molar-refractivity contribution in [1.82, 2.24) is 4.31 Å². The minimum absolute atomic E-state index is 0.378. The lowest BCUT2D eigenvalue weighted by Gasteiger charge is -2.13. The molecule has 0 atom stereocenters. The third-order valence-corrected chi connectivity index (χ3v) is 3.17. The molecule has 1 N–H and O–H groups in total. The van der Waals surface area contributed by atoms with Crippen LogP contribution in [-0.2, 0) is 10.2 Å². The van der Waals surface area contributed by atoms with Crippen molar-refractivity contribution in [2.24, 2.45) is 0 Å². The molecule has 0 aliphatic carbocycles. The van der Waals surface area contributed by atoms with Crippen LogP contribution in [0.3, 0.4) is 0 Å². The number of anilines is 1. The summed E-state index contributed by atoms with van der Waals surface area (Å²) < 4.78 is 26.3. The SMILES string of the molecule is CN(C)S(=O)(=O)Nc1cccc(C#N)c1. The van der Waals surface area contributed by atoms with Gasteiger partial charge in [0.15, 0.2) is 0 Å². The van der Waals surface area contributed by atoms with Crippen molar-refractivity contribution in [3.63, 3.8) is 0 Å². The Bertz CT molecular complexity index is 488. The van der Waals surface area contributed by atoms with Gasteiger partial charge in [0, 0.05) is 14.1 Å². The lowest BCUT2D eigenvalue weighted by molar-refractivity contribution is 0.527. The number of benzene rings is 1. The van der Waals surface area contributed by atoms with Crippen molar-refractivity contribution in [2.45, 2.75) is 0 Å². The first-order valence-corrected chi connectivity index (χ1v) is 5.60. The molecule has 0 bridgehead atoms. The molecular weight excluding hydrogens is 214 g/mol. The first-order chi connectivity index (χ1) is 6.95. The third-order valence-electron chi connectivity index (χ3n) is 1.72. The molecule has 80 valence electrons. The van der Waals surface area contributed by atoms with Gasteiger partial charge in [0.05, 0.1) is 17.3 Å². The van der Waals surface area contributed by atoms with Crippen LogP contribution in [0.4, 0.5) is 5.69 Å². The average Bonchev–Trinajstić information content (AvgIpc) is 2.17. The van der Waals surface area contributed by atoms with E-state index >= 15 is 0 Å². The molecule has 0 saturated heterocycles. The van der Waals surface area contributed by atoms with E-state index in [0.29, 0.717) is 11.3 Å². The van der Waals surface area contributed by atoms with Crippen LogP contribution in [0.15, 0.2) is 24.3 Å². The first-order valence-electron chi connectivity index (χ1n) is 4.16. The standard InChI is InChI=1S/C9H11N3O2S/c1-12(2)15(13,14)11-9-5-3-4-8(6-9)7-10/h3-6,11H,1-2H3. The average molecular weight is 225 g/mol. The molecule has 0 amide bonds. The molecular formula is C9H11N3O2S. The number of rotatable bonds is 3. The zero-order valence-electron chi connectivity index (χ0n) is 8.43. The van der Waals surface area contributed by atoms with E-state index in [1.165, 1.54) is 20.2 Å². The molecule has 0 spiro atoms. The number of nitriles is 1. The van der Waals surface area contributed by atoms with E-state index in [1.807, 2.05) is 6.07 Å². The number of nitrogens with one attached hydrogen (secondary N) is 1. The van der Waals surface area contributed by atoms with E-state index in [1.54, 1.807) is 18.2 Å². The number of hydrogen-bond donors (Lipinski definition) is 1. The highest BCUT2D eigenvalue weighted by atomic mass is 32.2. The quantitative estimate of drug-likeness (QED) is 0.826. The van der Waals surface area contributed by atoms with Crippen molar-refractivity contribution in [1.29, 1.82) is 5.26 Å². The van der Waals surface area contributed by atoms with Crippen LogP contribution in [0.25, 0.3) is 0 Å². The third kappa shape index (κ3) is 2.94. The van der Waals surface area contributed by atoms with Crippen LogP contribution in [0, 0.1) is 11.3 Å². The Morgan fingerprint density at radius 3 is 2.60 bits per heavy atom. The van der Waals surface area contributed by atoms with Gasteiger partial charge in [-0.05, 0) is 18.2 Å². The van der Waals surface area contributed by atoms with Gasteiger partial charge >= 0.3 is 10.2 Å². The van der Waals surface area contributed by atoms with Gasteiger partial charge in [-0.1, -0.05) is 6.07 Å². The largest absolute Gasteiger partial charge is 0.301 e. The zero-order valence-corrected chi connectivity index (χ0v) is 9.25. The molecule has 0 aliphatic rings. The predicted molar refractivity (Wildman–Crippen MR) is 57.4 cm³/mol. The summed E-state index contributed by atoms with van der Waals surface area (Å²) in [5, 5.41) is 8.63. The van der Waals surface area contributed by atoms with E-state index in [0.717, 1.165) is 4.31 Å². The Balaban J connectivity index is 2.96. The van der Waals surface area contributed by atoms with Gasteiger partial charge in [0.2, 0.25) is 0 Å². The second-order valence-electron chi connectivity index (χ2n) is 3.08. The van der Waals surface area contributed by atoms with Gasteiger partial charge in [-0.2, -0.15) is 18.0 Å². The van der Waals surface area contributed by atoms with Crippen molar-refractivity contribution < 1.29 is 8.42 Å². The van der Waals surface area contributed by atoms with Gasteiger partial charge in [0.25, 0.3) is 0 Å². The maximum absolute atomic E-state index is 11.4. The number of hydrogen-bond acceptors (Lipinski definition) is 3. The Kier molecular flexibility index (Phi) is 3.29. The fraction of sp³-hybridized carbons (Fsp3) is 0.222. The fourth-order valence-electron chi connectivity index (χ4n) is 0.892. The number of nitrogens with zero attached hydrogens (tertiary/aromatic N) is 2. The van der Waals surface area contributed by atoms with E-state index in [4.69, 9.17) is 5.26 Å². The lowest BCUT2D eigenvalue weighted by atomic mass is 10.2. The summed E-state index contributed by atoms with van der Waals surface area (Å²) in [4.78, 5) is 0. The van der Waals surface area contributed by atoms with Crippen LogP contribution in [0.5, 0.6) is 0 Å². The Morgan fingerprint density at radius 2 is 2.07 bits per heavy atom. The zero-order chi connectivity index (χ0) is 11.5. The molecule has 0 unspecified atom stereocenters. The molecule has 5 nitrogen and oxygen atoms in total. The van der Waals surface area contributed by atoms with Crippen molar-refractivity contribution in [3.8, 4) is 6.07 Å². The topological polar surface area (TPSA) is 73.2 Å². The fourth-order valence-corrected chi connectivity index (χ4v) is 1.50. The summed E-state index contributed by atoms with van der Waals surface area (Å²) in [5.41, 5.74) is 0.789. The van der Waals surface area contributed by atoms with Crippen molar-refractivity contribution in [3.05, 3.63) is 29.8 Å². The summed E-state index contributed by atoms with van der Waals surface area (Å²) in [7, 11) is -0.648. The van der Waals surface area contributed by atoms with Gasteiger partial charge in [-0.3, -0.25) is 4.72 Å². The summed E-state index contributed by atoms with van der Waals surface area (Å²) in [6.45, 7) is 0. The smallest absolute Gasteiger partial charge is 0.271 e. The Labute approximate surface area is 89.1 Å². The highest BCUT2D eigenvalue weighted by molar-refractivity contribution is 7.90. The maximum atomic E-state index is 11.4. The van der Waals surface area contributed by atoms with Crippen LogP contribution in [-0.4, -0.2) is 26.8 Å². The molecule has 15 heavy (non-hydrogen) atoms. The molecule has 1 rings (SSSR count). The molecule has 0 saturated carbocycles. The van der Waals surface area contributed by atoms with Gasteiger partial charge < -0.3 is 0 Å². The normalized spacial score (nSPS) is 11.1. The van der Waals surface area contributed by atoms with Gasteiger partial charge in [-0.15, -0.1) is 0 Å². The second-order valence-corrected chi connectivity index (χ2v) is 4.97. The van der Waals surface area contributed by atoms with Crippen LogP contribution < -0.4 is 4.72 Å². The highest BCUT2D eigenvalue weighted by Crippen LogP contribution is 2.12. The summed E-state index contributed by atoms with van der Waals surface area (Å²) >= 11 is 0. The molecule has 0 aromatic heterocycles. The van der Waals surface area contributed by atoms with Crippen LogP contribution in [0.2, 0.25) is 0 Å². The second kappa shape index (κ2) is 4.29.